The van der Waals surface area contributed by atoms with Crippen LogP contribution in [0.4, 0.5) is 4.79 Å². The highest BCUT2D eigenvalue weighted by molar-refractivity contribution is 6.35. The molecule has 0 bridgehead atoms. The summed E-state index contributed by atoms with van der Waals surface area (Å²) >= 11 is 0. The first-order chi connectivity index (χ1) is 13.3. The van der Waals surface area contributed by atoms with Crippen molar-refractivity contribution in [3.8, 4) is 0 Å². The minimum atomic E-state index is -1.53. The third-order valence-electron chi connectivity index (χ3n) is 4.48. The second-order valence-electron chi connectivity index (χ2n) is 8.74. The first-order valence-corrected chi connectivity index (χ1v) is 9.79. The number of ether oxygens (including phenoxy) is 1. The number of nitrogens with one attached hydrogen (secondary N) is 1. The van der Waals surface area contributed by atoms with Gasteiger partial charge in [-0.1, -0.05) is 25.7 Å². The SMILES string of the molecule is CC(C)(C)OC(=O)NC(CC1CC1)C(=O)C(=O)O.Cl.NC(=O)C(O)C(N)CC1CC1. The molecule has 3 unspecified atom stereocenters. The number of hydrogen-bond donors (Lipinski definition) is 5. The van der Waals surface area contributed by atoms with E-state index in [4.69, 9.17) is 26.4 Å². The third kappa shape index (κ3) is 11.9. The fourth-order valence-electron chi connectivity index (χ4n) is 2.60. The maximum absolute atomic E-state index is 11.5. The average Bonchev–Trinajstić information content (AvgIpc) is 3.47. The van der Waals surface area contributed by atoms with Crippen LogP contribution in [-0.2, 0) is 19.1 Å². The number of ketones is 1. The number of hydrogen-bond acceptors (Lipinski definition) is 7. The zero-order valence-electron chi connectivity index (χ0n) is 17.6. The van der Waals surface area contributed by atoms with E-state index in [0.717, 1.165) is 12.8 Å². The third-order valence-corrected chi connectivity index (χ3v) is 4.48. The molecule has 0 aliphatic heterocycles. The molecule has 2 aliphatic rings. The van der Waals surface area contributed by atoms with Gasteiger partial charge in [0.15, 0.2) is 0 Å². The van der Waals surface area contributed by atoms with Crippen LogP contribution in [0.3, 0.4) is 0 Å². The smallest absolute Gasteiger partial charge is 0.408 e. The van der Waals surface area contributed by atoms with Crippen LogP contribution in [0.2, 0.25) is 0 Å². The molecule has 0 aromatic heterocycles. The van der Waals surface area contributed by atoms with Crippen molar-refractivity contribution in [2.45, 2.75) is 83.1 Å². The van der Waals surface area contributed by atoms with E-state index < -0.39 is 47.5 Å². The Kier molecular flexibility index (Phi) is 11.3. The van der Waals surface area contributed by atoms with Crippen molar-refractivity contribution in [2.75, 3.05) is 0 Å². The molecule has 0 spiro atoms. The molecule has 3 atom stereocenters. The number of rotatable bonds is 9. The van der Waals surface area contributed by atoms with Gasteiger partial charge >= 0.3 is 12.1 Å². The summed E-state index contributed by atoms with van der Waals surface area (Å²) in [5.41, 5.74) is 9.69. The van der Waals surface area contributed by atoms with Gasteiger partial charge < -0.3 is 31.7 Å². The molecule has 0 radical (unpaired) electrons. The van der Waals surface area contributed by atoms with Crippen molar-refractivity contribution in [3.63, 3.8) is 0 Å². The van der Waals surface area contributed by atoms with E-state index in [1.54, 1.807) is 20.8 Å². The van der Waals surface area contributed by atoms with Crippen LogP contribution in [0.15, 0.2) is 0 Å². The lowest BCUT2D eigenvalue weighted by atomic mass is 10.1. The van der Waals surface area contributed by atoms with E-state index in [1.165, 1.54) is 12.8 Å². The Balaban J connectivity index is 0.000000603. The monoisotopic (exact) mass is 451 g/mol. The molecule has 7 N–H and O–H groups in total. The lowest BCUT2D eigenvalue weighted by molar-refractivity contribution is -0.150. The number of carboxylic acids is 1. The van der Waals surface area contributed by atoms with Crippen molar-refractivity contribution >= 4 is 36.2 Å². The zero-order valence-corrected chi connectivity index (χ0v) is 18.4. The maximum Gasteiger partial charge on any atom is 0.408 e. The minimum Gasteiger partial charge on any atom is -0.475 e. The Morgan fingerprint density at radius 2 is 1.53 bits per heavy atom. The number of carbonyl (C=O) groups is 4. The molecular formula is C19H34ClN3O7. The highest BCUT2D eigenvalue weighted by Crippen LogP contribution is 2.34. The molecule has 0 saturated heterocycles. The van der Waals surface area contributed by atoms with Crippen molar-refractivity contribution in [3.05, 3.63) is 0 Å². The zero-order chi connectivity index (χ0) is 22.4. The number of carboxylic acid groups (broad SMARTS) is 1. The van der Waals surface area contributed by atoms with Crippen LogP contribution < -0.4 is 16.8 Å². The van der Waals surface area contributed by atoms with Crippen LogP contribution in [0, 0.1) is 11.8 Å². The molecule has 11 heteroatoms. The number of aliphatic hydroxyl groups is 1. The average molecular weight is 452 g/mol. The quantitative estimate of drug-likeness (QED) is 0.317. The summed E-state index contributed by atoms with van der Waals surface area (Å²) < 4.78 is 5.00. The predicted molar refractivity (Wildman–Crippen MR) is 111 cm³/mol. The number of aliphatic hydroxyl groups excluding tert-OH is 1. The van der Waals surface area contributed by atoms with Gasteiger partial charge in [0.05, 0.1) is 0 Å². The summed E-state index contributed by atoms with van der Waals surface area (Å²) in [6.07, 6.45) is 3.42. The van der Waals surface area contributed by atoms with Crippen molar-refractivity contribution in [1.29, 1.82) is 0 Å². The molecule has 174 valence electrons. The van der Waals surface area contributed by atoms with Crippen molar-refractivity contribution < 1.29 is 34.1 Å². The Morgan fingerprint density at radius 1 is 1.07 bits per heavy atom. The molecular weight excluding hydrogens is 418 g/mol. The molecule has 0 aromatic carbocycles. The molecule has 30 heavy (non-hydrogen) atoms. The number of primary amides is 1. The van der Waals surface area contributed by atoms with Gasteiger partial charge in [-0.25, -0.2) is 9.59 Å². The summed E-state index contributed by atoms with van der Waals surface area (Å²) in [7, 11) is 0. The van der Waals surface area contributed by atoms with Gasteiger partial charge in [-0.2, -0.15) is 0 Å². The van der Waals surface area contributed by atoms with E-state index in [-0.39, 0.29) is 12.4 Å². The highest BCUT2D eigenvalue weighted by atomic mass is 35.5. The Morgan fingerprint density at radius 3 is 1.90 bits per heavy atom. The summed E-state index contributed by atoms with van der Waals surface area (Å²) in [5, 5.41) is 20.1. The second kappa shape index (κ2) is 12.1. The number of amides is 2. The van der Waals surface area contributed by atoms with Crippen LogP contribution in [0.25, 0.3) is 0 Å². The van der Waals surface area contributed by atoms with Crippen LogP contribution >= 0.6 is 12.4 Å². The van der Waals surface area contributed by atoms with Crippen molar-refractivity contribution in [2.24, 2.45) is 23.3 Å². The first kappa shape index (κ1) is 28.1. The number of Topliss-reactive ketones (excluding diaryl/α,β-unsaturated/α-hetero) is 1. The van der Waals surface area contributed by atoms with Gasteiger partial charge in [0.2, 0.25) is 5.91 Å². The molecule has 2 saturated carbocycles. The van der Waals surface area contributed by atoms with Crippen molar-refractivity contribution in [1.82, 2.24) is 5.32 Å². The van der Waals surface area contributed by atoms with Gasteiger partial charge in [0.25, 0.3) is 5.78 Å². The van der Waals surface area contributed by atoms with E-state index >= 15 is 0 Å². The Hall–Kier alpha value is -1.91. The maximum atomic E-state index is 11.5. The Labute approximate surface area is 182 Å². The standard InChI is InChI=1S/C12H19NO5.C7H14N2O2.ClH/c1-12(2,3)18-11(17)13-8(6-7-4-5-7)9(14)10(15)16;8-5(3-4-1-2-4)6(10)7(9)11;/h7-8H,4-6H2,1-3H3,(H,13,17)(H,15,16);4-6,10H,1-3,8H2,(H2,9,11);1H. The number of aliphatic carboxylic acids is 1. The second-order valence-corrected chi connectivity index (χ2v) is 8.74. The van der Waals surface area contributed by atoms with Gasteiger partial charge in [-0.15, -0.1) is 12.4 Å². The van der Waals surface area contributed by atoms with Gasteiger partial charge in [0.1, 0.15) is 17.7 Å². The van der Waals surface area contributed by atoms with E-state index in [2.05, 4.69) is 5.32 Å². The fraction of sp³-hybridized carbons (Fsp3) is 0.789. The summed E-state index contributed by atoms with van der Waals surface area (Å²) in [4.78, 5) is 44.1. The van der Waals surface area contributed by atoms with Crippen LogP contribution in [-0.4, -0.2) is 57.8 Å². The van der Waals surface area contributed by atoms with Gasteiger partial charge in [-0.3, -0.25) is 9.59 Å². The largest absolute Gasteiger partial charge is 0.475 e. The lowest BCUT2D eigenvalue weighted by Crippen LogP contribution is -2.46. The number of nitrogens with two attached hydrogens (primary N) is 2. The normalized spacial score (nSPS) is 18.4. The van der Waals surface area contributed by atoms with E-state index in [9.17, 15) is 19.2 Å². The molecule has 0 heterocycles. The summed E-state index contributed by atoms with van der Waals surface area (Å²) in [6, 6.07) is -1.47. The first-order valence-electron chi connectivity index (χ1n) is 9.79. The molecule has 0 aromatic rings. The Bertz CT molecular complexity index is 616. The van der Waals surface area contributed by atoms with Gasteiger partial charge in [0, 0.05) is 6.04 Å². The molecule has 2 rings (SSSR count). The van der Waals surface area contributed by atoms with Crippen LogP contribution in [0.5, 0.6) is 0 Å². The summed E-state index contributed by atoms with van der Waals surface area (Å²) in [6.45, 7) is 5.09. The number of halogens is 1. The lowest BCUT2D eigenvalue weighted by Gasteiger charge is -2.22. The number of carbonyl (C=O) groups excluding carboxylic acids is 3. The van der Waals surface area contributed by atoms with Crippen LogP contribution in [0.1, 0.15) is 59.3 Å². The molecule has 2 aliphatic carbocycles. The van der Waals surface area contributed by atoms with Gasteiger partial charge in [-0.05, 0) is 45.4 Å². The fourth-order valence-corrected chi connectivity index (χ4v) is 2.60. The summed E-state index contributed by atoms with van der Waals surface area (Å²) in [5.74, 6) is -2.31. The predicted octanol–water partition coefficient (Wildman–Crippen LogP) is 0.715. The molecule has 10 nitrogen and oxygen atoms in total. The molecule has 2 amide bonds. The van der Waals surface area contributed by atoms with E-state index in [1.807, 2.05) is 0 Å². The number of alkyl carbamates (subject to hydrolysis) is 1. The van der Waals surface area contributed by atoms with E-state index in [0.29, 0.717) is 24.7 Å². The highest BCUT2D eigenvalue weighted by Gasteiger charge is 2.34. The topological polar surface area (TPSA) is 182 Å². The minimum absolute atomic E-state index is 0. The molecule has 2 fully saturated rings.